The maximum absolute atomic E-state index is 14.1. The highest BCUT2D eigenvalue weighted by atomic mass is 16.3. The normalized spacial score (nSPS) is 14.9. The van der Waals surface area contributed by atoms with Gasteiger partial charge >= 0.3 is 0 Å². The van der Waals surface area contributed by atoms with E-state index >= 15 is 0 Å². The Labute approximate surface area is 266 Å². The van der Waals surface area contributed by atoms with Crippen LogP contribution in [0.5, 0.6) is 5.75 Å². The summed E-state index contributed by atoms with van der Waals surface area (Å²) in [5.41, 5.74) is 5.88. The first-order chi connectivity index (χ1) is 22.1. The number of aromatic hydroxyl groups is 1. The molecule has 0 saturated carbocycles. The van der Waals surface area contributed by atoms with E-state index in [9.17, 15) is 19.5 Å². The molecule has 0 saturated heterocycles. The lowest BCUT2D eigenvalue weighted by molar-refractivity contribution is -0.118. The highest BCUT2D eigenvalue weighted by molar-refractivity contribution is 6.01. The van der Waals surface area contributed by atoms with Crippen LogP contribution >= 0.6 is 0 Å². The Morgan fingerprint density at radius 1 is 1.02 bits per heavy atom. The van der Waals surface area contributed by atoms with Gasteiger partial charge < -0.3 is 24.9 Å². The fourth-order valence-corrected chi connectivity index (χ4v) is 6.26. The highest BCUT2D eigenvalue weighted by Crippen LogP contribution is 2.38. The van der Waals surface area contributed by atoms with Crippen LogP contribution in [0, 0.1) is 0 Å². The minimum absolute atomic E-state index is 0.00533. The Hall–Kier alpha value is -5.45. The second-order valence-corrected chi connectivity index (χ2v) is 12.1. The Morgan fingerprint density at radius 3 is 2.52 bits per heavy atom. The molecule has 1 aliphatic rings. The fourth-order valence-electron chi connectivity index (χ4n) is 6.26. The van der Waals surface area contributed by atoms with Gasteiger partial charge in [-0.05, 0) is 79.6 Å². The van der Waals surface area contributed by atoms with Crippen molar-refractivity contribution in [1.29, 1.82) is 0 Å². The zero-order valence-corrected chi connectivity index (χ0v) is 26.3. The first-order valence-electron chi connectivity index (χ1n) is 15.4. The van der Waals surface area contributed by atoms with Crippen LogP contribution in [-0.4, -0.2) is 46.9 Å². The largest absolute Gasteiger partial charge is 0.507 e. The predicted molar refractivity (Wildman–Crippen MR) is 176 cm³/mol. The number of imidazole rings is 1. The van der Waals surface area contributed by atoms with Gasteiger partial charge in [0.05, 0.1) is 18.2 Å². The van der Waals surface area contributed by atoms with E-state index in [0.29, 0.717) is 23.4 Å². The molecule has 11 nitrogen and oxygen atoms in total. The number of pyridine rings is 1. The smallest absolute Gasteiger partial charge is 0.270 e. The number of hydrogen-bond donors (Lipinski definition) is 3. The summed E-state index contributed by atoms with van der Waals surface area (Å²) < 4.78 is 4.96. The first-order valence-corrected chi connectivity index (χ1v) is 15.4. The third-order valence-electron chi connectivity index (χ3n) is 8.72. The molecule has 3 aromatic heterocycles. The number of nitrogens with one attached hydrogen (secondary N) is 2. The van der Waals surface area contributed by atoms with Crippen molar-refractivity contribution in [3.63, 3.8) is 0 Å². The van der Waals surface area contributed by atoms with Crippen molar-refractivity contribution in [3.05, 3.63) is 107 Å². The lowest BCUT2D eigenvalue weighted by Gasteiger charge is -2.32. The lowest BCUT2D eigenvalue weighted by atomic mass is 9.77. The van der Waals surface area contributed by atoms with E-state index in [4.69, 9.17) is 0 Å². The van der Waals surface area contributed by atoms with E-state index in [1.807, 2.05) is 39.2 Å². The summed E-state index contributed by atoms with van der Waals surface area (Å²) in [6.07, 6.45) is 9.08. The summed E-state index contributed by atoms with van der Waals surface area (Å²) in [6, 6.07) is 15.2. The summed E-state index contributed by atoms with van der Waals surface area (Å²) in [6.45, 7) is 3.93. The van der Waals surface area contributed by atoms with Crippen LogP contribution in [-0.2, 0) is 25.3 Å². The molecule has 2 amide bonds. The van der Waals surface area contributed by atoms with Crippen molar-refractivity contribution in [2.75, 3.05) is 5.32 Å². The molecule has 0 spiro atoms. The van der Waals surface area contributed by atoms with E-state index in [2.05, 4.69) is 32.8 Å². The van der Waals surface area contributed by atoms with Crippen molar-refractivity contribution in [2.24, 2.45) is 14.1 Å². The molecule has 236 valence electrons. The Bertz CT molecular complexity index is 1990. The van der Waals surface area contributed by atoms with E-state index in [1.54, 1.807) is 53.0 Å². The molecule has 3 N–H and O–H groups in total. The third-order valence-corrected chi connectivity index (χ3v) is 8.72. The molecule has 3 heterocycles. The van der Waals surface area contributed by atoms with Gasteiger partial charge in [0.15, 0.2) is 0 Å². The number of hydrogen-bond acceptors (Lipinski definition) is 6. The van der Waals surface area contributed by atoms with Crippen LogP contribution < -0.4 is 16.2 Å². The molecule has 1 aliphatic carbocycles. The molecule has 0 aliphatic heterocycles. The third kappa shape index (κ3) is 5.95. The number of fused-ring (bicyclic) bond motifs is 1. The summed E-state index contributed by atoms with van der Waals surface area (Å²) in [5.74, 6) is -1.16. The number of amides is 2. The van der Waals surface area contributed by atoms with Gasteiger partial charge in [0, 0.05) is 61.8 Å². The number of phenolic OH excluding ortho intramolecular Hbond substituents is 1. The quantitative estimate of drug-likeness (QED) is 0.229. The number of benzene rings is 2. The van der Waals surface area contributed by atoms with Crippen LogP contribution in [0.3, 0.4) is 0 Å². The van der Waals surface area contributed by atoms with Crippen molar-refractivity contribution in [1.82, 2.24) is 29.2 Å². The molecule has 5 aromatic rings. The van der Waals surface area contributed by atoms with Gasteiger partial charge in [-0.25, -0.2) is 4.98 Å². The van der Waals surface area contributed by atoms with Gasteiger partial charge in [0.25, 0.3) is 11.5 Å². The first kappa shape index (κ1) is 30.6. The van der Waals surface area contributed by atoms with Gasteiger partial charge in [-0.15, -0.1) is 0 Å². The van der Waals surface area contributed by atoms with Gasteiger partial charge in [-0.1, -0.05) is 18.2 Å². The van der Waals surface area contributed by atoms with Crippen molar-refractivity contribution in [3.8, 4) is 28.1 Å². The van der Waals surface area contributed by atoms with Crippen LogP contribution in [0.2, 0.25) is 0 Å². The van der Waals surface area contributed by atoms with Crippen molar-refractivity contribution < 1.29 is 14.7 Å². The Morgan fingerprint density at radius 2 is 1.83 bits per heavy atom. The number of carbonyl (C=O) groups excluding carboxylic acids is 2. The Balaban J connectivity index is 1.36. The van der Waals surface area contributed by atoms with E-state index < -0.39 is 17.9 Å². The number of carbonyl (C=O) groups is 2. The fraction of sp³-hybridized carbons (Fsp3) is 0.286. The zero-order valence-electron chi connectivity index (χ0n) is 26.3. The van der Waals surface area contributed by atoms with Gasteiger partial charge in [-0.3, -0.25) is 19.1 Å². The van der Waals surface area contributed by atoms with E-state index in [0.717, 1.165) is 40.8 Å². The molecule has 46 heavy (non-hydrogen) atoms. The molecule has 0 bridgehead atoms. The molecule has 6 rings (SSSR count). The van der Waals surface area contributed by atoms with Crippen molar-refractivity contribution in [2.45, 2.75) is 51.1 Å². The molecular formula is C35H37N7O4. The van der Waals surface area contributed by atoms with Crippen molar-refractivity contribution >= 4 is 17.5 Å². The molecule has 0 fully saturated rings. The summed E-state index contributed by atoms with van der Waals surface area (Å²) in [7, 11) is 3.51. The highest BCUT2D eigenvalue weighted by Gasteiger charge is 2.35. The Kier molecular flexibility index (Phi) is 8.31. The minimum Gasteiger partial charge on any atom is -0.507 e. The maximum atomic E-state index is 14.1. The van der Waals surface area contributed by atoms with Gasteiger partial charge in [0.1, 0.15) is 17.5 Å². The average molecular weight is 620 g/mol. The monoisotopic (exact) mass is 619 g/mol. The SMILES string of the molecule is CC(C)n1cc(-c2ccc3c(c2)[C@H](C(NC(=O)c2ccnn2C)C(=O)Nc2ccc(-c4cncn4C)c(O)c2)CCC3)ccc1=O. The number of aromatic nitrogens is 5. The molecule has 11 heteroatoms. The minimum atomic E-state index is -0.930. The molecule has 0 radical (unpaired) electrons. The zero-order chi connectivity index (χ0) is 32.5. The lowest BCUT2D eigenvalue weighted by Crippen LogP contribution is -2.48. The van der Waals surface area contributed by atoms with Crippen LogP contribution in [0.15, 0.2) is 84.3 Å². The summed E-state index contributed by atoms with van der Waals surface area (Å²) in [4.78, 5) is 44.2. The standard InChI is InChI=1S/C35H37N7O4/c1-21(2)42-19-24(10-13-32(42)44)23-9-8-22-6-5-7-26(28(22)16-23)33(39-34(45)29-14-15-37-41(29)4)35(46)38-25-11-12-27(31(43)17-25)30-18-36-20-40(30)3/h8-21,26,33,43H,5-7H2,1-4H3,(H,38,46)(H,39,45)/t26-,33?/m1/s1. The molecular weight excluding hydrogens is 582 g/mol. The van der Waals surface area contributed by atoms with Gasteiger partial charge in [0.2, 0.25) is 5.91 Å². The van der Waals surface area contributed by atoms with Crippen LogP contribution in [0.25, 0.3) is 22.4 Å². The predicted octanol–water partition coefficient (Wildman–Crippen LogP) is 4.79. The second kappa shape index (κ2) is 12.5. The van der Waals surface area contributed by atoms with E-state index in [1.165, 1.54) is 16.9 Å². The van der Waals surface area contributed by atoms with Crippen LogP contribution in [0.1, 0.15) is 60.3 Å². The number of aryl methyl sites for hydroxylation is 3. The van der Waals surface area contributed by atoms with Crippen LogP contribution in [0.4, 0.5) is 5.69 Å². The molecule has 2 atom stereocenters. The summed E-state index contributed by atoms with van der Waals surface area (Å²) >= 11 is 0. The maximum Gasteiger partial charge on any atom is 0.270 e. The number of anilines is 1. The van der Waals surface area contributed by atoms with Gasteiger partial charge in [-0.2, -0.15) is 5.10 Å². The second-order valence-electron chi connectivity index (χ2n) is 12.1. The topological polar surface area (TPSA) is 136 Å². The number of rotatable bonds is 8. The number of nitrogens with zero attached hydrogens (tertiary/aromatic N) is 5. The average Bonchev–Trinajstić information content (AvgIpc) is 3.67. The molecule has 1 unspecified atom stereocenters. The molecule has 2 aromatic carbocycles. The number of phenols is 1. The van der Waals surface area contributed by atoms with E-state index in [-0.39, 0.29) is 23.3 Å². The summed E-state index contributed by atoms with van der Waals surface area (Å²) in [5, 5.41) is 20.9.